The number of rotatable bonds is 5. The van der Waals surface area contributed by atoms with Gasteiger partial charge in [0, 0.05) is 31.6 Å². The van der Waals surface area contributed by atoms with Crippen LogP contribution in [0.1, 0.15) is 63.8 Å². The number of aromatic nitrogens is 2. The van der Waals surface area contributed by atoms with Crippen molar-refractivity contribution in [3.63, 3.8) is 0 Å². The molecule has 0 spiro atoms. The van der Waals surface area contributed by atoms with Crippen molar-refractivity contribution in [2.45, 2.75) is 71.8 Å². The molecule has 0 unspecified atom stereocenters. The minimum atomic E-state index is 0.625. The number of nitrogens with one attached hydrogen (secondary N) is 1. The summed E-state index contributed by atoms with van der Waals surface area (Å²) in [5.41, 5.74) is 1.18. The first-order valence-electron chi connectivity index (χ1n) is 8.51. The molecule has 0 bridgehead atoms. The molecule has 4 heteroatoms. The van der Waals surface area contributed by atoms with Gasteiger partial charge in [0.25, 0.3) is 0 Å². The minimum Gasteiger partial charge on any atom is -0.370 e. The van der Waals surface area contributed by atoms with E-state index >= 15 is 0 Å². The molecule has 1 aromatic rings. The van der Waals surface area contributed by atoms with Gasteiger partial charge < -0.3 is 10.2 Å². The molecule has 0 atom stereocenters. The molecule has 21 heavy (non-hydrogen) atoms. The van der Waals surface area contributed by atoms with E-state index in [0.29, 0.717) is 6.04 Å². The zero-order chi connectivity index (χ0) is 15.2. The number of hydrogen-bond acceptors (Lipinski definition) is 4. The van der Waals surface area contributed by atoms with E-state index in [1.165, 1.54) is 44.1 Å². The molecule has 1 fully saturated rings. The molecule has 0 radical (unpaired) electrons. The van der Waals surface area contributed by atoms with Crippen molar-refractivity contribution in [1.29, 1.82) is 0 Å². The molecule has 1 aromatic heterocycles. The first kappa shape index (κ1) is 16.1. The highest BCUT2D eigenvalue weighted by molar-refractivity contribution is 5.58. The first-order chi connectivity index (χ1) is 10.2. The Morgan fingerprint density at radius 3 is 2.33 bits per heavy atom. The Morgan fingerprint density at radius 1 is 1.10 bits per heavy atom. The third-order valence-corrected chi connectivity index (χ3v) is 4.53. The molecule has 1 heterocycles. The van der Waals surface area contributed by atoms with E-state index in [1.807, 2.05) is 0 Å². The largest absolute Gasteiger partial charge is 0.370 e. The zero-order valence-electron chi connectivity index (χ0n) is 14.1. The molecule has 0 amide bonds. The number of anilines is 2. The van der Waals surface area contributed by atoms with Crippen LogP contribution < -0.4 is 10.2 Å². The molecule has 1 aliphatic carbocycles. The Bertz CT molecular complexity index is 450. The lowest BCUT2D eigenvalue weighted by Gasteiger charge is -2.30. The fourth-order valence-corrected chi connectivity index (χ4v) is 3.21. The van der Waals surface area contributed by atoms with Crippen LogP contribution >= 0.6 is 0 Å². The van der Waals surface area contributed by atoms with Gasteiger partial charge in [-0.1, -0.05) is 32.6 Å². The first-order valence-corrected chi connectivity index (χ1v) is 8.51. The van der Waals surface area contributed by atoms with E-state index in [1.54, 1.807) is 0 Å². The standard InChI is InChI=1S/C17H30N4/c1-5-15-19-16(18-6-2)13(3)17(20-15)21(4)14-11-9-7-8-10-12-14/h14H,5-12H2,1-4H3,(H,18,19,20). The van der Waals surface area contributed by atoms with Gasteiger partial charge in [0.2, 0.25) is 0 Å². The Balaban J connectivity index is 2.29. The van der Waals surface area contributed by atoms with Crippen molar-refractivity contribution in [2.75, 3.05) is 23.8 Å². The topological polar surface area (TPSA) is 41.1 Å². The molecule has 0 aromatic carbocycles. The van der Waals surface area contributed by atoms with Crippen LogP contribution in [0, 0.1) is 6.92 Å². The molecule has 0 saturated heterocycles. The van der Waals surface area contributed by atoms with Crippen LogP contribution in [0.4, 0.5) is 11.6 Å². The number of nitrogens with zero attached hydrogens (tertiary/aromatic N) is 3. The zero-order valence-corrected chi connectivity index (χ0v) is 14.1. The predicted octanol–water partition coefficient (Wildman–Crippen LogP) is 3.94. The van der Waals surface area contributed by atoms with Crippen molar-refractivity contribution in [3.8, 4) is 0 Å². The summed E-state index contributed by atoms with van der Waals surface area (Å²) in [4.78, 5) is 11.9. The van der Waals surface area contributed by atoms with Crippen LogP contribution in [0.15, 0.2) is 0 Å². The summed E-state index contributed by atoms with van der Waals surface area (Å²) < 4.78 is 0. The van der Waals surface area contributed by atoms with E-state index in [-0.39, 0.29) is 0 Å². The van der Waals surface area contributed by atoms with Crippen LogP contribution in [0.3, 0.4) is 0 Å². The molecule has 1 aliphatic rings. The van der Waals surface area contributed by atoms with Crippen LogP contribution in [0.5, 0.6) is 0 Å². The van der Waals surface area contributed by atoms with Crippen molar-refractivity contribution in [2.24, 2.45) is 0 Å². The van der Waals surface area contributed by atoms with E-state index in [0.717, 1.165) is 30.4 Å². The molecule has 4 nitrogen and oxygen atoms in total. The highest BCUT2D eigenvalue weighted by Gasteiger charge is 2.21. The number of aryl methyl sites for hydroxylation is 1. The van der Waals surface area contributed by atoms with Gasteiger partial charge in [-0.05, 0) is 26.7 Å². The van der Waals surface area contributed by atoms with Gasteiger partial charge in [-0.15, -0.1) is 0 Å². The van der Waals surface area contributed by atoms with Crippen LogP contribution in [-0.2, 0) is 6.42 Å². The molecular weight excluding hydrogens is 260 g/mol. The maximum atomic E-state index is 4.81. The molecule has 1 N–H and O–H groups in total. The fourth-order valence-electron chi connectivity index (χ4n) is 3.21. The Labute approximate surface area is 129 Å². The van der Waals surface area contributed by atoms with Crippen LogP contribution in [0.25, 0.3) is 0 Å². The second-order valence-corrected chi connectivity index (χ2v) is 6.08. The monoisotopic (exact) mass is 290 g/mol. The Kier molecular flexibility index (Phi) is 5.83. The third-order valence-electron chi connectivity index (χ3n) is 4.53. The maximum absolute atomic E-state index is 4.81. The summed E-state index contributed by atoms with van der Waals surface area (Å²) in [6.45, 7) is 7.27. The van der Waals surface area contributed by atoms with Gasteiger partial charge in [0.15, 0.2) is 0 Å². The number of hydrogen-bond donors (Lipinski definition) is 1. The fraction of sp³-hybridized carbons (Fsp3) is 0.765. The maximum Gasteiger partial charge on any atom is 0.137 e. The quantitative estimate of drug-likeness (QED) is 0.834. The minimum absolute atomic E-state index is 0.625. The average Bonchev–Trinajstić information content (AvgIpc) is 2.78. The lowest BCUT2D eigenvalue weighted by molar-refractivity contribution is 0.547. The molecule has 2 rings (SSSR count). The van der Waals surface area contributed by atoms with E-state index < -0.39 is 0 Å². The van der Waals surface area contributed by atoms with E-state index in [2.05, 4.69) is 43.0 Å². The second-order valence-electron chi connectivity index (χ2n) is 6.08. The summed E-state index contributed by atoms with van der Waals surface area (Å²) in [6.07, 6.45) is 8.92. The highest BCUT2D eigenvalue weighted by Crippen LogP contribution is 2.29. The SMILES string of the molecule is CCNc1nc(CC)nc(N(C)C2CCCCCC2)c1C. The molecular formula is C17H30N4. The van der Waals surface area contributed by atoms with Crippen LogP contribution in [0.2, 0.25) is 0 Å². The summed E-state index contributed by atoms with van der Waals surface area (Å²) in [7, 11) is 2.21. The normalized spacial score (nSPS) is 16.6. The van der Waals surface area contributed by atoms with Gasteiger partial charge in [0.05, 0.1) is 0 Å². The second kappa shape index (κ2) is 7.62. The lowest BCUT2D eigenvalue weighted by Crippen LogP contribution is -2.33. The smallest absolute Gasteiger partial charge is 0.137 e. The average molecular weight is 290 g/mol. The highest BCUT2D eigenvalue weighted by atomic mass is 15.2. The van der Waals surface area contributed by atoms with Gasteiger partial charge in [-0.3, -0.25) is 0 Å². The van der Waals surface area contributed by atoms with Crippen molar-refractivity contribution in [3.05, 3.63) is 11.4 Å². The summed E-state index contributed by atoms with van der Waals surface area (Å²) in [5.74, 6) is 3.05. The van der Waals surface area contributed by atoms with Gasteiger partial charge >= 0.3 is 0 Å². The lowest BCUT2D eigenvalue weighted by atomic mass is 10.1. The van der Waals surface area contributed by atoms with Crippen LogP contribution in [-0.4, -0.2) is 29.6 Å². The van der Waals surface area contributed by atoms with E-state index in [4.69, 9.17) is 4.98 Å². The Morgan fingerprint density at radius 2 is 1.76 bits per heavy atom. The third kappa shape index (κ3) is 3.86. The van der Waals surface area contributed by atoms with Gasteiger partial charge in [-0.2, -0.15) is 0 Å². The molecule has 1 saturated carbocycles. The summed E-state index contributed by atoms with van der Waals surface area (Å²) in [5, 5.41) is 3.38. The predicted molar refractivity (Wildman–Crippen MR) is 90.2 cm³/mol. The molecule has 0 aliphatic heterocycles. The van der Waals surface area contributed by atoms with Gasteiger partial charge in [-0.25, -0.2) is 9.97 Å². The van der Waals surface area contributed by atoms with Crippen molar-refractivity contribution < 1.29 is 0 Å². The summed E-state index contributed by atoms with van der Waals surface area (Å²) >= 11 is 0. The van der Waals surface area contributed by atoms with E-state index in [9.17, 15) is 0 Å². The molecule has 118 valence electrons. The Hall–Kier alpha value is -1.32. The summed E-state index contributed by atoms with van der Waals surface area (Å²) in [6, 6.07) is 0.625. The van der Waals surface area contributed by atoms with Crippen molar-refractivity contribution >= 4 is 11.6 Å². The van der Waals surface area contributed by atoms with Gasteiger partial charge in [0.1, 0.15) is 17.5 Å². The van der Waals surface area contributed by atoms with Crippen molar-refractivity contribution in [1.82, 2.24) is 9.97 Å².